The van der Waals surface area contributed by atoms with Crippen molar-refractivity contribution in [2.24, 2.45) is 0 Å². The van der Waals surface area contributed by atoms with E-state index in [0.717, 1.165) is 0 Å². The first kappa shape index (κ1) is 18.5. The molecule has 0 aromatic heterocycles. The molecule has 0 aliphatic carbocycles. The summed E-state index contributed by atoms with van der Waals surface area (Å²) < 4.78 is 4.71. The van der Waals surface area contributed by atoms with Gasteiger partial charge in [-0.25, -0.2) is 9.59 Å². The number of hydrogen-bond acceptors (Lipinski definition) is 5. The highest BCUT2D eigenvalue weighted by Crippen LogP contribution is 1.92. The molecule has 104 valence electrons. The smallest absolute Gasteiger partial charge is 0.368 e. The van der Waals surface area contributed by atoms with Crippen molar-refractivity contribution < 1.29 is 29.2 Å². The number of carboxylic acid groups (broad SMARTS) is 1. The minimum atomic E-state index is -0.941. The minimum absolute atomic E-state index is 0.219. The van der Waals surface area contributed by atoms with E-state index in [-0.39, 0.29) is 5.57 Å². The third kappa shape index (κ3) is 12.3. The van der Waals surface area contributed by atoms with Crippen molar-refractivity contribution in [3.8, 4) is 0 Å². The number of rotatable bonds is 6. The number of aliphatic carboxylic acids is 1. The summed E-state index contributed by atoms with van der Waals surface area (Å²) in [6, 6.07) is 0. The second-order valence-electron chi connectivity index (χ2n) is 3.12. The van der Waals surface area contributed by atoms with Crippen LogP contribution in [-0.2, 0) is 24.1 Å². The van der Waals surface area contributed by atoms with Gasteiger partial charge >= 0.3 is 11.9 Å². The summed E-state index contributed by atoms with van der Waals surface area (Å²) in [5.41, 5.74) is 0.556. The van der Waals surface area contributed by atoms with Crippen LogP contribution in [0.1, 0.15) is 27.7 Å². The lowest BCUT2D eigenvalue weighted by molar-refractivity contribution is -0.265. The lowest BCUT2D eigenvalue weighted by Crippen LogP contribution is -2.05. The Morgan fingerprint density at radius 2 is 1.78 bits per heavy atom. The highest BCUT2D eigenvalue weighted by Gasteiger charge is 2.01. The van der Waals surface area contributed by atoms with Gasteiger partial charge in [-0.2, -0.15) is 4.89 Å². The van der Waals surface area contributed by atoms with Crippen molar-refractivity contribution in [1.29, 1.82) is 0 Å². The Balaban J connectivity index is 0. The fourth-order valence-electron chi connectivity index (χ4n) is 0.442. The van der Waals surface area contributed by atoms with Crippen LogP contribution in [-0.4, -0.2) is 30.3 Å². The Morgan fingerprint density at radius 3 is 2.11 bits per heavy atom. The van der Waals surface area contributed by atoms with E-state index in [9.17, 15) is 9.59 Å². The van der Waals surface area contributed by atoms with Crippen LogP contribution in [0, 0.1) is 0 Å². The van der Waals surface area contributed by atoms with E-state index < -0.39 is 11.9 Å². The van der Waals surface area contributed by atoms with Crippen LogP contribution >= 0.6 is 0 Å². The molecule has 0 aliphatic heterocycles. The van der Waals surface area contributed by atoms with Crippen LogP contribution < -0.4 is 0 Å². The molecule has 0 aliphatic rings. The standard InChI is InChI=1S/2C6H10O3/c1-4-8-9-6(7)5(2)3;1-3-9-4-5(2)6(7)8/h2,4H2,1,3H3;4H,3H2,1-2H3,(H,7,8). The Bertz CT molecular complexity index is 306. The summed E-state index contributed by atoms with van der Waals surface area (Å²) in [6.45, 7) is 10.8. The van der Waals surface area contributed by atoms with Crippen molar-refractivity contribution >= 4 is 11.9 Å². The van der Waals surface area contributed by atoms with Crippen LogP contribution in [0.15, 0.2) is 24.0 Å². The summed E-state index contributed by atoms with van der Waals surface area (Å²) >= 11 is 0. The molecule has 0 aromatic rings. The van der Waals surface area contributed by atoms with Crippen molar-refractivity contribution in [1.82, 2.24) is 0 Å². The first-order valence-electron chi connectivity index (χ1n) is 5.37. The average molecular weight is 260 g/mol. The van der Waals surface area contributed by atoms with E-state index in [0.29, 0.717) is 18.8 Å². The molecule has 6 heteroatoms. The molecule has 0 radical (unpaired) electrons. The number of carbonyl (C=O) groups excluding carboxylic acids is 1. The van der Waals surface area contributed by atoms with Gasteiger partial charge in [0.05, 0.1) is 25.0 Å². The molecule has 1 N–H and O–H groups in total. The molecule has 0 saturated carbocycles. The van der Waals surface area contributed by atoms with Gasteiger partial charge in [0.2, 0.25) is 0 Å². The van der Waals surface area contributed by atoms with Crippen LogP contribution in [0.5, 0.6) is 0 Å². The average Bonchev–Trinajstić information content (AvgIpc) is 2.33. The largest absolute Gasteiger partial charge is 0.501 e. The summed E-state index contributed by atoms with van der Waals surface area (Å²) in [6.07, 6.45) is 1.24. The molecule has 0 atom stereocenters. The maximum Gasteiger partial charge on any atom is 0.368 e. The van der Waals surface area contributed by atoms with Crippen LogP contribution in [0.4, 0.5) is 0 Å². The highest BCUT2D eigenvalue weighted by molar-refractivity contribution is 5.86. The second kappa shape index (κ2) is 11.7. The van der Waals surface area contributed by atoms with E-state index in [1.807, 2.05) is 0 Å². The zero-order valence-electron chi connectivity index (χ0n) is 11.2. The molecule has 0 saturated heterocycles. The number of hydrogen-bond donors (Lipinski definition) is 1. The fourth-order valence-corrected chi connectivity index (χ4v) is 0.442. The van der Waals surface area contributed by atoms with Gasteiger partial charge in [0.1, 0.15) is 0 Å². The van der Waals surface area contributed by atoms with Gasteiger partial charge in [0.25, 0.3) is 0 Å². The van der Waals surface area contributed by atoms with Gasteiger partial charge in [-0.3, -0.25) is 4.89 Å². The van der Waals surface area contributed by atoms with Gasteiger partial charge in [0, 0.05) is 5.57 Å². The zero-order valence-corrected chi connectivity index (χ0v) is 11.2. The van der Waals surface area contributed by atoms with Gasteiger partial charge in [-0.1, -0.05) is 6.58 Å². The lowest BCUT2D eigenvalue weighted by Gasteiger charge is -1.97. The van der Waals surface area contributed by atoms with Crippen LogP contribution in [0.25, 0.3) is 0 Å². The Labute approximate surface area is 107 Å². The van der Waals surface area contributed by atoms with Crippen molar-refractivity contribution in [2.75, 3.05) is 13.2 Å². The molecule has 0 fully saturated rings. The predicted octanol–water partition coefficient (Wildman–Crippen LogP) is 2.07. The van der Waals surface area contributed by atoms with Gasteiger partial charge < -0.3 is 9.84 Å². The van der Waals surface area contributed by atoms with E-state index >= 15 is 0 Å². The summed E-state index contributed by atoms with van der Waals surface area (Å²) in [5.74, 6) is -1.46. The number of ether oxygens (including phenoxy) is 1. The molecule has 0 amide bonds. The quantitative estimate of drug-likeness (QED) is 0.341. The first-order chi connectivity index (χ1) is 8.36. The van der Waals surface area contributed by atoms with Crippen LogP contribution in [0.3, 0.4) is 0 Å². The first-order valence-corrected chi connectivity index (χ1v) is 5.37. The Kier molecular flexibility index (Phi) is 12.0. The van der Waals surface area contributed by atoms with Crippen LogP contribution in [0.2, 0.25) is 0 Å². The van der Waals surface area contributed by atoms with Gasteiger partial charge in [0.15, 0.2) is 0 Å². The number of carboxylic acids is 1. The van der Waals surface area contributed by atoms with Gasteiger partial charge in [-0.15, -0.1) is 0 Å². The van der Waals surface area contributed by atoms with Crippen molar-refractivity contribution in [3.63, 3.8) is 0 Å². The maximum absolute atomic E-state index is 10.5. The zero-order chi connectivity index (χ0) is 14.6. The molecule has 18 heavy (non-hydrogen) atoms. The van der Waals surface area contributed by atoms with Gasteiger partial charge in [-0.05, 0) is 27.7 Å². The second-order valence-corrected chi connectivity index (χ2v) is 3.12. The molecule has 0 aromatic carbocycles. The van der Waals surface area contributed by atoms with E-state index in [2.05, 4.69) is 16.4 Å². The van der Waals surface area contributed by atoms with E-state index in [4.69, 9.17) is 9.84 Å². The predicted molar refractivity (Wildman–Crippen MR) is 65.6 cm³/mol. The molecule has 0 unspecified atom stereocenters. The lowest BCUT2D eigenvalue weighted by atomic mass is 10.3. The molecular formula is C12H20O6. The SMILES string of the molecule is C=C(C)C(=O)OOCC.CCOC=C(C)C(=O)O. The third-order valence-electron chi connectivity index (χ3n) is 1.37. The molecule has 0 heterocycles. The Morgan fingerprint density at radius 1 is 1.22 bits per heavy atom. The monoisotopic (exact) mass is 260 g/mol. The van der Waals surface area contributed by atoms with E-state index in [1.54, 1.807) is 20.8 Å². The third-order valence-corrected chi connectivity index (χ3v) is 1.37. The highest BCUT2D eigenvalue weighted by atomic mass is 17.2. The Hall–Kier alpha value is -1.82. The minimum Gasteiger partial charge on any atom is -0.501 e. The topological polar surface area (TPSA) is 82.1 Å². The number of carbonyl (C=O) groups is 2. The molecular weight excluding hydrogens is 240 g/mol. The molecule has 0 spiro atoms. The summed E-state index contributed by atoms with van der Waals surface area (Å²) in [5, 5.41) is 8.26. The molecule has 0 bridgehead atoms. The molecule has 0 rings (SSSR count). The van der Waals surface area contributed by atoms with Crippen molar-refractivity contribution in [2.45, 2.75) is 27.7 Å². The maximum atomic E-state index is 10.5. The fraction of sp³-hybridized carbons (Fsp3) is 0.500. The normalized spacial score (nSPS) is 9.89. The summed E-state index contributed by atoms with van der Waals surface area (Å²) in [7, 11) is 0. The van der Waals surface area contributed by atoms with Crippen molar-refractivity contribution in [3.05, 3.63) is 24.0 Å². The summed E-state index contributed by atoms with van der Waals surface area (Å²) in [4.78, 5) is 29.1. The van der Waals surface area contributed by atoms with E-state index in [1.165, 1.54) is 13.2 Å². The molecule has 6 nitrogen and oxygen atoms in total.